The Morgan fingerprint density at radius 3 is 1.68 bits per heavy atom. The van der Waals surface area contributed by atoms with E-state index in [1.807, 2.05) is 55.5 Å². The summed E-state index contributed by atoms with van der Waals surface area (Å²) in [6, 6.07) is 36.4. The van der Waals surface area contributed by atoms with Gasteiger partial charge >= 0.3 is 0 Å². The average Bonchev–Trinajstić information content (AvgIpc) is 3.47. The Morgan fingerprint density at radius 2 is 1.12 bits per heavy atom. The van der Waals surface area contributed by atoms with Gasteiger partial charge in [0.2, 0.25) is 31.9 Å². The van der Waals surface area contributed by atoms with Crippen molar-refractivity contribution in [2.45, 2.75) is 92.4 Å². The Labute approximate surface area is 444 Å². The van der Waals surface area contributed by atoms with E-state index >= 15 is 0 Å². The summed E-state index contributed by atoms with van der Waals surface area (Å²) in [5, 5.41) is 31.9. The van der Waals surface area contributed by atoms with E-state index in [-0.39, 0.29) is 97.0 Å². The second-order valence-corrected chi connectivity index (χ2v) is 22.7. The third-order valence-corrected chi connectivity index (χ3v) is 17.5. The van der Waals surface area contributed by atoms with Gasteiger partial charge in [0.05, 0.1) is 46.3 Å². The molecule has 2 saturated heterocycles. The number of hydrogen-bond acceptors (Lipinski definition) is 12. The Kier molecular flexibility index (Phi) is 20.2. The summed E-state index contributed by atoms with van der Waals surface area (Å²) in [7, 11) is -7.80. The maximum atomic E-state index is 13.5. The molecule has 0 spiro atoms. The van der Waals surface area contributed by atoms with Crippen LogP contribution in [0.1, 0.15) is 90.1 Å². The third kappa shape index (κ3) is 14.7. The second kappa shape index (κ2) is 27.1. The van der Waals surface area contributed by atoms with Crippen molar-refractivity contribution in [3.8, 4) is 12.1 Å². The number of fused-ring (bicyclic) bond motifs is 1. The van der Waals surface area contributed by atoms with Crippen LogP contribution in [0.3, 0.4) is 0 Å². The van der Waals surface area contributed by atoms with E-state index in [2.05, 4.69) is 21.3 Å². The van der Waals surface area contributed by atoms with Crippen molar-refractivity contribution in [2.24, 2.45) is 5.92 Å². The molecule has 2 aliphatic heterocycles. The summed E-state index contributed by atoms with van der Waals surface area (Å²) < 4.78 is 66.8. The van der Waals surface area contributed by atoms with Gasteiger partial charge in [0.15, 0.2) is 0 Å². The topological polar surface area (TPSA) is 257 Å². The number of nitrogens with one attached hydrogen (secondary N) is 4. The fourth-order valence-corrected chi connectivity index (χ4v) is 12.8. The van der Waals surface area contributed by atoms with Crippen LogP contribution in [0.25, 0.3) is 10.8 Å². The number of amides is 4. The fourth-order valence-electron chi connectivity index (χ4n) is 9.63. The molecule has 5 aromatic rings. The van der Waals surface area contributed by atoms with Crippen LogP contribution in [0.2, 0.25) is 0 Å². The van der Waals surface area contributed by atoms with Gasteiger partial charge in [-0.3, -0.25) is 19.2 Å². The highest BCUT2D eigenvalue weighted by Gasteiger charge is 2.35. The summed E-state index contributed by atoms with van der Waals surface area (Å²) in [5.41, 5.74) is 1.14. The van der Waals surface area contributed by atoms with Gasteiger partial charge in [-0.05, 0) is 72.0 Å². The molecule has 76 heavy (non-hydrogen) atoms. The Morgan fingerprint density at radius 1 is 0.618 bits per heavy atom. The van der Waals surface area contributed by atoms with E-state index in [0.29, 0.717) is 36.3 Å². The predicted octanol–water partition coefficient (Wildman–Crippen LogP) is 5.65. The number of sulfonamides is 2. The van der Waals surface area contributed by atoms with Crippen LogP contribution in [0, 0.1) is 28.6 Å². The molecule has 0 radical (unpaired) electrons. The minimum Gasteiger partial charge on any atom is -0.374 e. The summed E-state index contributed by atoms with van der Waals surface area (Å²) in [6.07, 6.45) is 6.03. The average molecular weight is 1070 g/mol. The van der Waals surface area contributed by atoms with Crippen LogP contribution in [-0.4, -0.2) is 126 Å². The van der Waals surface area contributed by atoms with E-state index in [0.717, 1.165) is 36.5 Å². The lowest BCUT2D eigenvalue weighted by molar-refractivity contribution is -0.125. The van der Waals surface area contributed by atoms with Crippen molar-refractivity contribution in [1.29, 1.82) is 10.5 Å². The predicted molar refractivity (Wildman–Crippen MR) is 284 cm³/mol. The zero-order valence-electron chi connectivity index (χ0n) is 42.4. The second-order valence-electron chi connectivity index (χ2n) is 18.9. The van der Waals surface area contributed by atoms with Gasteiger partial charge in [-0.15, -0.1) is 0 Å². The van der Waals surface area contributed by atoms with Crippen molar-refractivity contribution < 1.29 is 45.5 Å². The number of nitriles is 2. The standard InChI is InChI=1S/C32H36N4O5S.C24H28N4O5S/c33-20-25-12-5-7-16-30(25)42(39,40)36-17-18-41-26(22-36)21-34-32(38)29(19-23-9-2-1-3-10-23)35-31(37)28-15-8-13-24-11-4-6-14-27(24)28;1-2-8-21(27-23(29)18-9-4-3-5-10-18)24(30)26-16-20-17-28(13-14-33-20)34(31,32)22-12-7-6-11-19(22)15-25/h4-8,11-16,23,26,29H,1-3,9-10,17-19,21-22H2,(H,34,38)(H,35,37);3-7,9-12,20-21H,2,8,13-14,16-17H2,1H3,(H,26,30)(H,27,29)/t26?,29-;20?,21-/m00/s1. The quantitative estimate of drug-likeness (QED) is 0.0831. The van der Waals surface area contributed by atoms with E-state index in [1.165, 1.54) is 39.3 Å². The molecule has 400 valence electrons. The molecular formula is C56H64N8O10S2. The lowest BCUT2D eigenvalue weighted by atomic mass is 9.84. The van der Waals surface area contributed by atoms with Crippen molar-refractivity contribution in [3.63, 3.8) is 0 Å². The molecular weight excluding hydrogens is 1010 g/mol. The lowest BCUT2D eigenvalue weighted by Crippen LogP contribution is -2.53. The maximum Gasteiger partial charge on any atom is 0.252 e. The van der Waals surface area contributed by atoms with Gasteiger partial charge < -0.3 is 30.7 Å². The molecule has 0 aromatic heterocycles. The van der Waals surface area contributed by atoms with Crippen LogP contribution in [0.5, 0.6) is 0 Å². The Hall–Kier alpha value is -7.04. The number of rotatable bonds is 18. The molecule has 20 heteroatoms. The molecule has 4 amide bonds. The summed E-state index contributed by atoms with van der Waals surface area (Å²) in [5.74, 6) is -0.965. The van der Waals surface area contributed by atoms with Crippen molar-refractivity contribution in [3.05, 3.63) is 144 Å². The monoisotopic (exact) mass is 1070 g/mol. The number of ether oxygens (including phenoxy) is 2. The Balaban J connectivity index is 0.000000227. The smallest absolute Gasteiger partial charge is 0.252 e. The number of benzene rings is 5. The molecule has 1 saturated carbocycles. The third-order valence-electron chi connectivity index (χ3n) is 13.6. The maximum absolute atomic E-state index is 13.5. The van der Waals surface area contributed by atoms with Crippen LogP contribution in [0.4, 0.5) is 0 Å². The minimum atomic E-state index is -3.92. The van der Waals surface area contributed by atoms with E-state index in [1.54, 1.807) is 60.7 Å². The number of carbonyl (C=O) groups excluding carboxylic acids is 4. The van der Waals surface area contributed by atoms with E-state index in [4.69, 9.17) is 9.47 Å². The highest BCUT2D eigenvalue weighted by Crippen LogP contribution is 2.29. The van der Waals surface area contributed by atoms with Gasteiger partial charge in [-0.25, -0.2) is 16.8 Å². The van der Waals surface area contributed by atoms with Crippen molar-refractivity contribution in [2.75, 3.05) is 52.5 Å². The van der Waals surface area contributed by atoms with E-state index < -0.39 is 44.3 Å². The first-order chi connectivity index (χ1) is 36.7. The molecule has 2 unspecified atom stereocenters. The van der Waals surface area contributed by atoms with Crippen molar-refractivity contribution in [1.82, 2.24) is 29.9 Å². The molecule has 3 aliphatic rings. The first-order valence-electron chi connectivity index (χ1n) is 25.6. The highest BCUT2D eigenvalue weighted by molar-refractivity contribution is 7.89. The molecule has 3 fully saturated rings. The number of carbonyl (C=O) groups is 4. The van der Waals surface area contributed by atoms with Gasteiger partial charge in [-0.1, -0.05) is 124 Å². The van der Waals surface area contributed by atoms with Crippen LogP contribution in [-0.2, 0) is 39.1 Å². The first kappa shape index (κ1) is 56.7. The fraction of sp³-hybridized carbons (Fsp3) is 0.393. The first-order valence-corrected chi connectivity index (χ1v) is 28.5. The van der Waals surface area contributed by atoms with E-state index in [9.17, 15) is 46.5 Å². The lowest BCUT2D eigenvalue weighted by Gasteiger charge is -2.33. The van der Waals surface area contributed by atoms with Gasteiger partial charge in [0.1, 0.15) is 24.2 Å². The molecule has 18 nitrogen and oxygen atoms in total. The largest absolute Gasteiger partial charge is 0.374 e. The summed E-state index contributed by atoms with van der Waals surface area (Å²) in [6.45, 7) is 2.81. The Bertz CT molecular complexity index is 3140. The summed E-state index contributed by atoms with van der Waals surface area (Å²) in [4.78, 5) is 52.1. The summed E-state index contributed by atoms with van der Waals surface area (Å²) >= 11 is 0. The number of morpholine rings is 2. The van der Waals surface area contributed by atoms with Gasteiger partial charge in [-0.2, -0.15) is 19.1 Å². The van der Waals surface area contributed by atoms with Crippen LogP contribution >= 0.6 is 0 Å². The normalized spacial score (nSPS) is 18.3. The molecule has 2 heterocycles. The molecule has 4 atom stereocenters. The van der Waals surface area contributed by atoms with Gasteiger partial charge in [0, 0.05) is 50.4 Å². The molecule has 4 N–H and O–H groups in total. The number of hydrogen-bond donors (Lipinski definition) is 4. The molecule has 1 aliphatic carbocycles. The molecule has 8 rings (SSSR count). The molecule has 5 aromatic carbocycles. The van der Waals surface area contributed by atoms with Gasteiger partial charge in [0.25, 0.3) is 11.8 Å². The van der Waals surface area contributed by atoms with Crippen LogP contribution < -0.4 is 21.3 Å². The zero-order chi connectivity index (χ0) is 54.1. The zero-order valence-corrected chi connectivity index (χ0v) is 44.1. The SMILES string of the molecule is CCC[C@H](NC(=O)c1ccccc1)C(=O)NCC1CN(S(=O)(=O)c2ccccc2C#N)CCO1.N#Cc1ccccc1S(=O)(=O)N1CCOC(CNC(=O)[C@H](CC2CCCCC2)NC(=O)c2cccc3ccccc23)C1. The molecule has 0 bridgehead atoms. The highest BCUT2D eigenvalue weighted by atomic mass is 32.2. The van der Waals surface area contributed by atoms with Crippen molar-refractivity contribution >= 4 is 54.4 Å². The van der Waals surface area contributed by atoms with Crippen LogP contribution in [0.15, 0.2) is 131 Å². The minimum absolute atomic E-state index is 0.0389. The number of nitrogens with zero attached hydrogens (tertiary/aromatic N) is 4.